The molecule has 1 atom stereocenters. The van der Waals surface area contributed by atoms with E-state index in [-0.39, 0.29) is 12.0 Å². The number of carbonyl (C=O) groups excluding carboxylic acids is 1. The Morgan fingerprint density at radius 3 is 2.83 bits per heavy atom. The molecule has 2 rings (SSSR count). The first-order valence-corrected chi connectivity index (χ1v) is 7.36. The normalized spacial score (nSPS) is 12.3. The Morgan fingerprint density at radius 1 is 1.44 bits per heavy atom. The van der Waals surface area contributed by atoms with Crippen molar-refractivity contribution in [2.75, 3.05) is 13.7 Å². The lowest BCUT2D eigenvalue weighted by atomic mass is 10.2. The highest BCUT2D eigenvalue weighted by Crippen LogP contribution is 2.24. The van der Waals surface area contributed by atoms with Gasteiger partial charge in [-0.15, -0.1) is 11.3 Å². The summed E-state index contributed by atoms with van der Waals surface area (Å²) in [5, 5.41) is 6.63. The smallest absolute Gasteiger partial charge is 0.252 e. The molecule has 0 aromatic carbocycles. The Morgan fingerprint density at radius 2 is 2.28 bits per heavy atom. The fraction of sp³-hybridized carbons (Fsp3) is 0.308. The summed E-state index contributed by atoms with van der Waals surface area (Å²) < 4.78 is 5.42. The van der Waals surface area contributed by atoms with Gasteiger partial charge in [-0.25, -0.2) is 0 Å². The largest absolute Gasteiger partial charge is 0.374 e. The lowest BCUT2D eigenvalue weighted by Gasteiger charge is -2.14. The third-order valence-corrected chi connectivity index (χ3v) is 4.37. The van der Waals surface area contributed by atoms with Crippen LogP contribution in [0, 0.1) is 6.92 Å². The average Bonchev–Trinajstić information content (AvgIpc) is 3.01. The maximum atomic E-state index is 11.8. The molecule has 0 saturated heterocycles. The molecule has 1 amide bonds. The standard InChI is InChI=1S/C13H15NO2S2/c1-9-3-4-12(18-9)11(16-2)7-14-13(15)10-5-6-17-8-10/h3-6,8,11H,7H2,1-2H3,(H,14,15)/t11-/m1/s1. The van der Waals surface area contributed by atoms with E-state index in [1.54, 1.807) is 18.4 Å². The van der Waals surface area contributed by atoms with Crippen molar-refractivity contribution < 1.29 is 9.53 Å². The summed E-state index contributed by atoms with van der Waals surface area (Å²) in [6.07, 6.45) is -0.0775. The van der Waals surface area contributed by atoms with E-state index < -0.39 is 0 Å². The second-order valence-electron chi connectivity index (χ2n) is 3.89. The fourth-order valence-corrected chi connectivity index (χ4v) is 3.20. The van der Waals surface area contributed by atoms with Crippen LogP contribution in [0.2, 0.25) is 0 Å². The number of thiophene rings is 2. The van der Waals surface area contributed by atoms with Gasteiger partial charge in [0.1, 0.15) is 6.10 Å². The van der Waals surface area contributed by atoms with Crippen LogP contribution >= 0.6 is 22.7 Å². The first-order valence-electron chi connectivity index (χ1n) is 5.60. The summed E-state index contributed by atoms with van der Waals surface area (Å²) in [4.78, 5) is 14.2. The van der Waals surface area contributed by atoms with Crippen molar-refractivity contribution in [2.24, 2.45) is 0 Å². The molecule has 0 radical (unpaired) electrons. The molecule has 0 bridgehead atoms. The highest BCUT2D eigenvalue weighted by molar-refractivity contribution is 7.12. The Kier molecular flexibility index (Phi) is 4.52. The number of nitrogens with one attached hydrogen (secondary N) is 1. The Hall–Kier alpha value is -1.17. The molecule has 2 heterocycles. The van der Waals surface area contributed by atoms with Crippen LogP contribution < -0.4 is 5.32 Å². The minimum absolute atomic E-state index is 0.0495. The van der Waals surface area contributed by atoms with Gasteiger partial charge in [-0.3, -0.25) is 4.79 Å². The van der Waals surface area contributed by atoms with E-state index in [9.17, 15) is 4.79 Å². The molecule has 2 aromatic rings. The van der Waals surface area contributed by atoms with E-state index in [0.29, 0.717) is 12.1 Å². The van der Waals surface area contributed by atoms with Crippen LogP contribution in [0.3, 0.4) is 0 Å². The van der Waals surface area contributed by atoms with Crippen molar-refractivity contribution in [3.05, 3.63) is 44.3 Å². The van der Waals surface area contributed by atoms with Gasteiger partial charge in [0.2, 0.25) is 0 Å². The molecular weight excluding hydrogens is 266 g/mol. The third kappa shape index (κ3) is 3.19. The number of amides is 1. The summed E-state index contributed by atoms with van der Waals surface area (Å²) in [6.45, 7) is 2.55. The van der Waals surface area contributed by atoms with Gasteiger partial charge in [-0.2, -0.15) is 11.3 Å². The fourth-order valence-electron chi connectivity index (χ4n) is 1.61. The monoisotopic (exact) mass is 281 g/mol. The summed E-state index contributed by atoms with van der Waals surface area (Å²) in [6, 6.07) is 5.93. The van der Waals surface area contributed by atoms with Gasteiger partial charge in [-0.05, 0) is 30.5 Å². The summed E-state index contributed by atoms with van der Waals surface area (Å²) in [5.41, 5.74) is 0.706. The zero-order valence-corrected chi connectivity index (χ0v) is 11.9. The van der Waals surface area contributed by atoms with Crippen LogP contribution in [0.25, 0.3) is 0 Å². The number of ether oxygens (including phenoxy) is 1. The predicted molar refractivity (Wildman–Crippen MR) is 75.5 cm³/mol. The number of hydrogen-bond acceptors (Lipinski definition) is 4. The molecule has 0 aliphatic heterocycles. The van der Waals surface area contributed by atoms with E-state index in [2.05, 4.69) is 18.3 Å². The Balaban J connectivity index is 1.94. The lowest BCUT2D eigenvalue weighted by Crippen LogP contribution is -2.28. The molecule has 3 nitrogen and oxygen atoms in total. The van der Waals surface area contributed by atoms with E-state index in [0.717, 1.165) is 4.88 Å². The lowest BCUT2D eigenvalue weighted by molar-refractivity contribution is 0.0838. The topological polar surface area (TPSA) is 38.3 Å². The van der Waals surface area contributed by atoms with Crippen LogP contribution in [0.5, 0.6) is 0 Å². The van der Waals surface area contributed by atoms with Gasteiger partial charge in [-0.1, -0.05) is 0 Å². The molecule has 2 aromatic heterocycles. The van der Waals surface area contributed by atoms with Crippen molar-refractivity contribution in [3.8, 4) is 0 Å². The van der Waals surface area contributed by atoms with Crippen molar-refractivity contribution in [2.45, 2.75) is 13.0 Å². The highest BCUT2D eigenvalue weighted by atomic mass is 32.1. The molecule has 0 aliphatic carbocycles. The summed E-state index contributed by atoms with van der Waals surface area (Å²) in [7, 11) is 1.66. The first-order chi connectivity index (χ1) is 8.70. The van der Waals surface area contributed by atoms with Crippen LogP contribution in [-0.2, 0) is 4.74 Å². The SMILES string of the molecule is CO[C@H](CNC(=O)c1ccsc1)c1ccc(C)s1. The van der Waals surface area contributed by atoms with Crippen LogP contribution in [0.15, 0.2) is 29.0 Å². The third-order valence-electron chi connectivity index (χ3n) is 2.59. The molecule has 0 saturated carbocycles. The van der Waals surface area contributed by atoms with Crippen molar-refractivity contribution >= 4 is 28.6 Å². The predicted octanol–water partition coefficient (Wildman–Crippen LogP) is 3.24. The minimum atomic E-state index is -0.0775. The van der Waals surface area contributed by atoms with E-state index in [1.807, 2.05) is 22.9 Å². The minimum Gasteiger partial charge on any atom is -0.374 e. The van der Waals surface area contributed by atoms with Gasteiger partial charge < -0.3 is 10.1 Å². The van der Waals surface area contributed by atoms with Crippen molar-refractivity contribution in [3.63, 3.8) is 0 Å². The van der Waals surface area contributed by atoms with E-state index in [4.69, 9.17) is 4.74 Å². The first kappa shape index (κ1) is 13.3. The van der Waals surface area contributed by atoms with Gasteiger partial charge in [0.25, 0.3) is 5.91 Å². The average molecular weight is 281 g/mol. The number of hydrogen-bond donors (Lipinski definition) is 1. The zero-order valence-electron chi connectivity index (χ0n) is 10.3. The summed E-state index contributed by atoms with van der Waals surface area (Å²) in [5.74, 6) is -0.0495. The van der Waals surface area contributed by atoms with Crippen molar-refractivity contribution in [1.82, 2.24) is 5.32 Å². The number of rotatable bonds is 5. The summed E-state index contributed by atoms with van der Waals surface area (Å²) >= 11 is 3.21. The van der Waals surface area contributed by atoms with Gasteiger partial charge in [0.05, 0.1) is 0 Å². The molecule has 1 N–H and O–H groups in total. The maximum Gasteiger partial charge on any atom is 0.252 e. The van der Waals surface area contributed by atoms with Crippen LogP contribution in [0.4, 0.5) is 0 Å². The molecule has 96 valence electrons. The molecule has 0 fully saturated rings. The maximum absolute atomic E-state index is 11.8. The van der Waals surface area contributed by atoms with E-state index >= 15 is 0 Å². The zero-order chi connectivity index (χ0) is 13.0. The molecule has 0 aliphatic rings. The van der Waals surface area contributed by atoms with Gasteiger partial charge in [0, 0.05) is 34.4 Å². The second-order valence-corrected chi connectivity index (χ2v) is 5.99. The number of aryl methyl sites for hydroxylation is 1. The number of methoxy groups -OCH3 is 1. The Bertz CT molecular complexity index is 505. The number of carbonyl (C=O) groups is 1. The van der Waals surface area contributed by atoms with E-state index in [1.165, 1.54) is 16.2 Å². The quantitative estimate of drug-likeness (QED) is 0.913. The van der Waals surface area contributed by atoms with Crippen LogP contribution in [-0.4, -0.2) is 19.6 Å². The molecular formula is C13H15NO2S2. The van der Waals surface area contributed by atoms with Crippen LogP contribution in [0.1, 0.15) is 26.2 Å². The van der Waals surface area contributed by atoms with Gasteiger partial charge >= 0.3 is 0 Å². The van der Waals surface area contributed by atoms with Crippen molar-refractivity contribution in [1.29, 1.82) is 0 Å². The molecule has 0 unspecified atom stereocenters. The molecule has 0 spiro atoms. The molecule has 18 heavy (non-hydrogen) atoms. The second kappa shape index (κ2) is 6.13. The highest BCUT2D eigenvalue weighted by Gasteiger charge is 2.14. The Labute approximate surface area is 114 Å². The van der Waals surface area contributed by atoms with Gasteiger partial charge in [0.15, 0.2) is 0 Å². The molecule has 5 heteroatoms.